The Kier molecular flexibility index (Phi) is 2.43. The molecule has 0 saturated carbocycles. The maximum atomic E-state index is 10.7. The molecule has 4 heteroatoms. The highest BCUT2D eigenvalue weighted by atomic mass is 79.9. The van der Waals surface area contributed by atoms with E-state index >= 15 is 0 Å². The van der Waals surface area contributed by atoms with E-state index in [1.807, 2.05) is 6.08 Å². The summed E-state index contributed by atoms with van der Waals surface area (Å²) in [5.41, 5.74) is 0. The summed E-state index contributed by atoms with van der Waals surface area (Å²) in [6.45, 7) is 1.44. The van der Waals surface area contributed by atoms with Crippen LogP contribution in [0, 0.1) is 0 Å². The van der Waals surface area contributed by atoms with Gasteiger partial charge in [-0.15, -0.1) is 0 Å². The van der Waals surface area contributed by atoms with Gasteiger partial charge in [-0.05, 0) is 6.08 Å². The van der Waals surface area contributed by atoms with Crippen molar-refractivity contribution in [1.29, 1.82) is 0 Å². The van der Waals surface area contributed by atoms with Crippen LogP contribution in [0.1, 0.15) is 19.8 Å². The zero-order valence-electron chi connectivity index (χ0n) is 7.33. The second kappa shape index (κ2) is 3.42. The van der Waals surface area contributed by atoms with Crippen LogP contribution in [0.25, 0.3) is 0 Å². The van der Waals surface area contributed by atoms with Gasteiger partial charge in [0, 0.05) is 24.2 Å². The molecule has 3 nitrogen and oxygen atoms in total. The van der Waals surface area contributed by atoms with E-state index in [0.29, 0.717) is 0 Å². The van der Waals surface area contributed by atoms with E-state index in [4.69, 9.17) is 9.47 Å². The van der Waals surface area contributed by atoms with Crippen LogP contribution in [0.5, 0.6) is 0 Å². The van der Waals surface area contributed by atoms with Gasteiger partial charge >= 0.3 is 5.97 Å². The van der Waals surface area contributed by atoms with Crippen LogP contribution in [-0.4, -0.2) is 24.3 Å². The van der Waals surface area contributed by atoms with Gasteiger partial charge in [0.15, 0.2) is 0 Å². The standard InChI is InChI=1S/C9H11BrO3/c1-5(11)12-7-2-6-3-8(10)9(4-7)13-6/h3,6-7,9H,2,4H2,1H3/t6-,7-,9+/m0/s1. The first-order valence-corrected chi connectivity index (χ1v) is 5.14. The summed E-state index contributed by atoms with van der Waals surface area (Å²) in [4.78, 5) is 10.7. The lowest BCUT2D eigenvalue weighted by Gasteiger charge is -2.28. The van der Waals surface area contributed by atoms with Gasteiger partial charge in [0.05, 0.1) is 12.2 Å². The SMILES string of the molecule is CC(=O)O[C@H]1C[C@H]2C=C(Br)[C@@H](C1)O2. The third kappa shape index (κ3) is 1.94. The number of hydrogen-bond donors (Lipinski definition) is 0. The summed E-state index contributed by atoms with van der Waals surface area (Å²) in [5, 5.41) is 0. The van der Waals surface area contributed by atoms with Gasteiger partial charge in [-0.3, -0.25) is 4.79 Å². The van der Waals surface area contributed by atoms with Crippen LogP contribution in [0.2, 0.25) is 0 Å². The van der Waals surface area contributed by atoms with E-state index in [2.05, 4.69) is 15.9 Å². The Hall–Kier alpha value is -0.350. The molecule has 0 aromatic rings. The van der Waals surface area contributed by atoms with Gasteiger partial charge in [0.25, 0.3) is 0 Å². The zero-order chi connectivity index (χ0) is 9.42. The van der Waals surface area contributed by atoms with Crippen molar-refractivity contribution in [2.75, 3.05) is 0 Å². The normalized spacial score (nSPS) is 37.1. The molecule has 72 valence electrons. The molecule has 13 heavy (non-hydrogen) atoms. The molecule has 0 aliphatic carbocycles. The van der Waals surface area contributed by atoms with Crippen molar-refractivity contribution in [2.45, 2.75) is 38.1 Å². The number of hydrogen-bond acceptors (Lipinski definition) is 3. The lowest BCUT2D eigenvalue weighted by atomic mass is 10.1. The maximum absolute atomic E-state index is 10.7. The van der Waals surface area contributed by atoms with Gasteiger partial charge in [-0.2, -0.15) is 0 Å². The highest BCUT2D eigenvalue weighted by Gasteiger charge is 2.36. The molecule has 3 atom stereocenters. The molecule has 0 aromatic carbocycles. The van der Waals surface area contributed by atoms with E-state index in [0.717, 1.165) is 17.3 Å². The first kappa shape index (κ1) is 9.21. The minimum Gasteiger partial charge on any atom is -0.462 e. The highest BCUT2D eigenvalue weighted by Crippen LogP contribution is 2.36. The fourth-order valence-corrected chi connectivity index (χ4v) is 2.41. The fraction of sp³-hybridized carbons (Fsp3) is 0.667. The average molecular weight is 247 g/mol. The third-order valence-electron chi connectivity index (χ3n) is 2.30. The molecule has 2 heterocycles. The van der Waals surface area contributed by atoms with Gasteiger partial charge in [0.2, 0.25) is 0 Å². The van der Waals surface area contributed by atoms with E-state index in [1.54, 1.807) is 0 Å². The van der Waals surface area contributed by atoms with E-state index in [-0.39, 0.29) is 24.3 Å². The Morgan fingerprint density at radius 1 is 1.69 bits per heavy atom. The second-order valence-electron chi connectivity index (χ2n) is 3.42. The predicted octanol–water partition coefficient (Wildman–Crippen LogP) is 1.76. The van der Waals surface area contributed by atoms with Crippen LogP contribution < -0.4 is 0 Å². The summed E-state index contributed by atoms with van der Waals surface area (Å²) >= 11 is 3.43. The number of esters is 1. The molecule has 2 rings (SSSR count). The van der Waals surface area contributed by atoms with Crippen LogP contribution in [0.3, 0.4) is 0 Å². The van der Waals surface area contributed by atoms with Gasteiger partial charge in [0.1, 0.15) is 6.10 Å². The molecule has 0 radical (unpaired) electrons. The monoisotopic (exact) mass is 246 g/mol. The van der Waals surface area contributed by atoms with Crippen LogP contribution >= 0.6 is 15.9 Å². The number of halogens is 1. The summed E-state index contributed by atoms with van der Waals surface area (Å²) < 4.78 is 11.8. The van der Waals surface area contributed by atoms with Crippen LogP contribution in [0.4, 0.5) is 0 Å². The maximum Gasteiger partial charge on any atom is 0.302 e. The highest BCUT2D eigenvalue weighted by molar-refractivity contribution is 9.11. The van der Waals surface area contributed by atoms with Crippen molar-refractivity contribution in [3.8, 4) is 0 Å². The number of carbonyl (C=O) groups excluding carboxylic acids is 1. The molecule has 0 spiro atoms. The Morgan fingerprint density at radius 2 is 2.46 bits per heavy atom. The third-order valence-corrected chi connectivity index (χ3v) is 3.07. The molecule has 0 amide bonds. The Bertz CT molecular complexity index is 262. The van der Waals surface area contributed by atoms with Crippen molar-refractivity contribution < 1.29 is 14.3 Å². The number of rotatable bonds is 1. The molecular formula is C9H11BrO3. The summed E-state index contributed by atoms with van der Waals surface area (Å²) in [6.07, 6.45) is 3.85. The molecular weight excluding hydrogens is 236 g/mol. The summed E-state index contributed by atoms with van der Waals surface area (Å²) in [7, 11) is 0. The summed E-state index contributed by atoms with van der Waals surface area (Å²) in [6, 6.07) is 0. The average Bonchev–Trinajstić information content (AvgIpc) is 2.25. The minimum absolute atomic E-state index is 0.0209. The largest absolute Gasteiger partial charge is 0.462 e. The molecule has 2 bridgehead atoms. The molecule has 0 aromatic heterocycles. The van der Waals surface area contributed by atoms with Gasteiger partial charge in [-0.25, -0.2) is 0 Å². The molecule has 2 aliphatic heterocycles. The lowest BCUT2D eigenvalue weighted by Crippen LogP contribution is -2.32. The van der Waals surface area contributed by atoms with Crippen LogP contribution in [-0.2, 0) is 14.3 Å². The number of ether oxygens (including phenoxy) is 2. The quantitative estimate of drug-likeness (QED) is 0.662. The van der Waals surface area contributed by atoms with Crippen molar-refractivity contribution in [1.82, 2.24) is 0 Å². The van der Waals surface area contributed by atoms with Crippen molar-refractivity contribution in [2.24, 2.45) is 0 Å². The molecule has 0 unspecified atom stereocenters. The topological polar surface area (TPSA) is 35.5 Å². The lowest BCUT2D eigenvalue weighted by molar-refractivity contribution is -0.153. The van der Waals surface area contributed by atoms with E-state index in [9.17, 15) is 4.79 Å². The predicted molar refractivity (Wildman–Crippen MR) is 50.5 cm³/mol. The Labute approximate surface area is 85.2 Å². The first-order chi connectivity index (χ1) is 6.15. The fourth-order valence-electron chi connectivity index (χ4n) is 1.82. The molecule has 1 fully saturated rings. The number of carbonyl (C=O) groups is 1. The smallest absolute Gasteiger partial charge is 0.302 e. The van der Waals surface area contributed by atoms with Gasteiger partial charge < -0.3 is 9.47 Å². The first-order valence-electron chi connectivity index (χ1n) is 4.35. The van der Waals surface area contributed by atoms with Crippen molar-refractivity contribution >= 4 is 21.9 Å². The minimum atomic E-state index is -0.206. The molecule has 1 saturated heterocycles. The molecule has 0 N–H and O–H groups in total. The Morgan fingerprint density at radius 3 is 3.08 bits per heavy atom. The van der Waals surface area contributed by atoms with Crippen LogP contribution in [0.15, 0.2) is 10.6 Å². The van der Waals surface area contributed by atoms with E-state index in [1.165, 1.54) is 6.92 Å². The van der Waals surface area contributed by atoms with Crippen molar-refractivity contribution in [3.63, 3.8) is 0 Å². The van der Waals surface area contributed by atoms with E-state index < -0.39 is 0 Å². The summed E-state index contributed by atoms with van der Waals surface area (Å²) in [5.74, 6) is -0.206. The number of fused-ring (bicyclic) bond motifs is 2. The van der Waals surface area contributed by atoms with Gasteiger partial charge in [-0.1, -0.05) is 15.9 Å². The zero-order valence-corrected chi connectivity index (χ0v) is 8.91. The second-order valence-corrected chi connectivity index (χ2v) is 4.33. The Balaban J connectivity index is 1.97. The molecule has 2 aliphatic rings. The van der Waals surface area contributed by atoms with Crippen molar-refractivity contribution in [3.05, 3.63) is 10.6 Å².